The molecule has 1 fully saturated rings. The first-order valence-electron chi connectivity index (χ1n) is 6.56. The van der Waals surface area contributed by atoms with E-state index in [0.717, 1.165) is 0 Å². The number of rotatable bonds is 5. The van der Waals surface area contributed by atoms with E-state index in [2.05, 4.69) is 37.9 Å². The summed E-state index contributed by atoms with van der Waals surface area (Å²) in [5.41, 5.74) is 0.472. The Balaban J connectivity index is 2.46. The van der Waals surface area contributed by atoms with Gasteiger partial charge in [0.1, 0.15) is 0 Å². The van der Waals surface area contributed by atoms with E-state index in [1.807, 2.05) is 0 Å². The van der Waals surface area contributed by atoms with Crippen molar-refractivity contribution in [2.75, 3.05) is 26.2 Å². The average Bonchev–Trinajstić information content (AvgIpc) is 2.20. The Morgan fingerprint density at radius 2 is 2.07 bits per heavy atom. The molecule has 1 saturated heterocycles. The van der Waals surface area contributed by atoms with Gasteiger partial charge in [-0.2, -0.15) is 0 Å². The minimum Gasteiger partial charge on any atom is -0.312 e. The molecule has 0 aromatic carbocycles. The Hall–Kier alpha value is -0.0800. The van der Waals surface area contributed by atoms with Gasteiger partial charge in [-0.3, -0.25) is 0 Å². The van der Waals surface area contributed by atoms with Crippen molar-refractivity contribution in [3.8, 4) is 0 Å². The van der Waals surface area contributed by atoms with Crippen LogP contribution in [0.4, 0.5) is 0 Å². The van der Waals surface area contributed by atoms with Crippen molar-refractivity contribution >= 4 is 0 Å². The second-order valence-corrected chi connectivity index (χ2v) is 5.49. The van der Waals surface area contributed by atoms with Gasteiger partial charge in [0, 0.05) is 12.6 Å². The molecule has 0 aromatic rings. The average molecular weight is 212 g/mol. The molecule has 1 N–H and O–H groups in total. The number of hydrogen-bond donors (Lipinski definition) is 1. The zero-order valence-electron chi connectivity index (χ0n) is 11.0. The highest BCUT2D eigenvalue weighted by Crippen LogP contribution is 2.30. The van der Waals surface area contributed by atoms with Crippen molar-refractivity contribution in [3.05, 3.63) is 0 Å². The van der Waals surface area contributed by atoms with Crippen molar-refractivity contribution in [2.24, 2.45) is 5.41 Å². The molecular formula is C13H28N2. The molecule has 2 heteroatoms. The highest BCUT2D eigenvalue weighted by atomic mass is 15.1. The summed E-state index contributed by atoms with van der Waals surface area (Å²) in [6.45, 7) is 14.2. The van der Waals surface area contributed by atoms with Gasteiger partial charge in [-0.05, 0) is 44.3 Å². The Morgan fingerprint density at radius 3 is 2.60 bits per heavy atom. The van der Waals surface area contributed by atoms with E-state index in [-0.39, 0.29) is 0 Å². The van der Waals surface area contributed by atoms with Crippen LogP contribution in [0.1, 0.15) is 47.0 Å². The fraction of sp³-hybridized carbons (Fsp3) is 1.00. The Labute approximate surface area is 95.4 Å². The Morgan fingerprint density at radius 1 is 1.33 bits per heavy atom. The lowest BCUT2D eigenvalue weighted by Gasteiger charge is -2.41. The quantitative estimate of drug-likeness (QED) is 0.753. The molecule has 1 aliphatic heterocycles. The first kappa shape index (κ1) is 13.0. The number of likely N-dealkylation sites (N-methyl/N-ethyl adjacent to an activating group) is 1. The summed E-state index contributed by atoms with van der Waals surface area (Å²) < 4.78 is 0. The minimum atomic E-state index is 0.472. The van der Waals surface area contributed by atoms with E-state index in [0.29, 0.717) is 11.5 Å². The SMILES string of the molecule is CCCN(CC)CC1NCCCC1(C)C. The molecule has 0 aliphatic carbocycles. The van der Waals surface area contributed by atoms with Gasteiger partial charge in [-0.1, -0.05) is 27.7 Å². The monoisotopic (exact) mass is 212 g/mol. The van der Waals surface area contributed by atoms with Gasteiger partial charge in [0.15, 0.2) is 0 Å². The standard InChI is InChI=1S/C13H28N2/c1-5-10-15(6-2)11-12-13(3,4)8-7-9-14-12/h12,14H,5-11H2,1-4H3. The lowest BCUT2D eigenvalue weighted by atomic mass is 9.77. The summed E-state index contributed by atoms with van der Waals surface area (Å²) in [4.78, 5) is 2.57. The van der Waals surface area contributed by atoms with Crippen LogP contribution in [0.5, 0.6) is 0 Å². The van der Waals surface area contributed by atoms with Crippen molar-refractivity contribution in [2.45, 2.75) is 53.0 Å². The molecule has 0 amide bonds. The third-order valence-electron chi connectivity index (χ3n) is 3.76. The highest BCUT2D eigenvalue weighted by Gasteiger charge is 2.32. The number of piperidine rings is 1. The van der Waals surface area contributed by atoms with Crippen LogP contribution in [0.25, 0.3) is 0 Å². The Kier molecular flexibility index (Phi) is 5.07. The molecule has 2 nitrogen and oxygen atoms in total. The van der Waals surface area contributed by atoms with Gasteiger partial charge in [-0.15, -0.1) is 0 Å². The number of hydrogen-bond acceptors (Lipinski definition) is 2. The first-order chi connectivity index (χ1) is 7.10. The number of nitrogens with zero attached hydrogens (tertiary/aromatic N) is 1. The lowest BCUT2D eigenvalue weighted by molar-refractivity contribution is 0.129. The van der Waals surface area contributed by atoms with Crippen molar-refractivity contribution in [1.29, 1.82) is 0 Å². The van der Waals surface area contributed by atoms with Crippen LogP contribution in [0, 0.1) is 5.41 Å². The van der Waals surface area contributed by atoms with Gasteiger partial charge in [0.05, 0.1) is 0 Å². The second kappa shape index (κ2) is 5.86. The molecule has 1 heterocycles. The van der Waals surface area contributed by atoms with Gasteiger partial charge in [-0.25, -0.2) is 0 Å². The molecule has 0 radical (unpaired) electrons. The summed E-state index contributed by atoms with van der Waals surface area (Å²) in [5, 5.41) is 3.69. The predicted octanol–water partition coefficient (Wildman–Crippen LogP) is 2.50. The normalized spacial score (nSPS) is 25.8. The maximum absolute atomic E-state index is 3.69. The lowest BCUT2D eigenvalue weighted by Crippen LogP contribution is -2.53. The molecule has 1 rings (SSSR count). The number of nitrogens with one attached hydrogen (secondary N) is 1. The topological polar surface area (TPSA) is 15.3 Å². The van der Waals surface area contributed by atoms with E-state index in [9.17, 15) is 0 Å². The van der Waals surface area contributed by atoms with Gasteiger partial charge in [0.25, 0.3) is 0 Å². The van der Waals surface area contributed by atoms with Crippen LogP contribution in [-0.4, -0.2) is 37.1 Å². The third kappa shape index (κ3) is 3.76. The van der Waals surface area contributed by atoms with E-state index < -0.39 is 0 Å². The third-order valence-corrected chi connectivity index (χ3v) is 3.76. The van der Waals surface area contributed by atoms with Crippen molar-refractivity contribution in [3.63, 3.8) is 0 Å². The Bertz CT molecular complexity index is 177. The summed E-state index contributed by atoms with van der Waals surface area (Å²) in [6.07, 6.45) is 3.97. The molecule has 1 atom stereocenters. The highest BCUT2D eigenvalue weighted by molar-refractivity contribution is 4.90. The van der Waals surface area contributed by atoms with Crippen LogP contribution in [-0.2, 0) is 0 Å². The van der Waals surface area contributed by atoms with Crippen molar-refractivity contribution < 1.29 is 0 Å². The van der Waals surface area contributed by atoms with E-state index in [1.165, 1.54) is 45.4 Å². The van der Waals surface area contributed by atoms with E-state index in [1.54, 1.807) is 0 Å². The molecule has 0 spiro atoms. The molecular weight excluding hydrogens is 184 g/mol. The summed E-state index contributed by atoms with van der Waals surface area (Å²) >= 11 is 0. The summed E-state index contributed by atoms with van der Waals surface area (Å²) in [5.74, 6) is 0. The fourth-order valence-corrected chi connectivity index (χ4v) is 2.54. The zero-order valence-corrected chi connectivity index (χ0v) is 11.0. The van der Waals surface area contributed by atoms with Crippen LogP contribution >= 0.6 is 0 Å². The van der Waals surface area contributed by atoms with Crippen LogP contribution in [0.15, 0.2) is 0 Å². The summed E-state index contributed by atoms with van der Waals surface area (Å²) in [7, 11) is 0. The van der Waals surface area contributed by atoms with Gasteiger partial charge >= 0.3 is 0 Å². The maximum Gasteiger partial charge on any atom is 0.0246 e. The summed E-state index contributed by atoms with van der Waals surface area (Å²) in [6, 6.07) is 0.678. The second-order valence-electron chi connectivity index (χ2n) is 5.49. The molecule has 0 aromatic heterocycles. The zero-order chi connectivity index (χ0) is 11.3. The first-order valence-corrected chi connectivity index (χ1v) is 6.56. The largest absolute Gasteiger partial charge is 0.312 e. The molecule has 15 heavy (non-hydrogen) atoms. The fourth-order valence-electron chi connectivity index (χ4n) is 2.54. The van der Waals surface area contributed by atoms with Crippen LogP contribution < -0.4 is 5.32 Å². The molecule has 90 valence electrons. The van der Waals surface area contributed by atoms with E-state index >= 15 is 0 Å². The van der Waals surface area contributed by atoms with Crippen molar-refractivity contribution in [1.82, 2.24) is 10.2 Å². The molecule has 1 unspecified atom stereocenters. The van der Waals surface area contributed by atoms with Crippen LogP contribution in [0.3, 0.4) is 0 Å². The van der Waals surface area contributed by atoms with E-state index in [4.69, 9.17) is 0 Å². The minimum absolute atomic E-state index is 0.472. The van der Waals surface area contributed by atoms with Gasteiger partial charge in [0.2, 0.25) is 0 Å². The molecule has 0 bridgehead atoms. The molecule has 0 saturated carbocycles. The molecule has 1 aliphatic rings. The van der Waals surface area contributed by atoms with Crippen LogP contribution in [0.2, 0.25) is 0 Å². The van der Waals surface area contributed by atoms with Gasteiger partial charge < -0.3 is 10.2 Å². The predicted molar refractivity (Wildman–Crippen MR) is 67.2 cm³/mol. The smallest absolute Gasteiger partial charge is 0.0246 e. The maximum atomic E-state index is 3.69.